The first-order valence-electron chi connectivity index (χ1n) is 5.28. The van der Waals surface area contributed by atoms with Crippen LogP contribution < -0.4 is 0 Å². The molecule has 0 atom stereocenters. The molecule has 0 N–H and O–H groups in total. The van der Waals surface area contributed by atoms with E-state index in [2.05, 4.69) is 0 Å². The first-order chi connectivity index (χ1) is 8.18. The van der Waals surface area contributed by atoms with Crippen LogP contribution >= 0.6 is 0 Å². The van der Waals surface area contributed by atoms with Crippen LogP contribution in [0.25, 0.3) is 16.6 Å². The topological polar surface area (TPSA) is 42.3 Å². The molecule has 4 nitrogen and oxygen atoms in total. The molecular weight excluding hydrogens is 216 g/mol. The summed E-state index contributed by atoms with van der Waals surface area (Å²) in [6, 6.07) is 9.66. The smallest absolute Gasteiger partial charge is 0.277 e. The Balaban J connectivity index is 2.21. The van der Waals surface area contributed by atoms with Crippen molar-refractivity contribution in [2.75, 3.05) is 7.05 Å². The summed E-state index contributed by atoms with van der Waals surface area (Å²) in [7, 11) is 1.49. The van der Waals surface area contributed by atoms with Crippen molar-refractivity contribution < 1.29 is 9.59 Å². The molecule has 0 unspecified atom stereocenters. The molecule has 2 heterocycles. The Hall–Kier alpha value is -2.36. The zero-order valence-electron chi connectivity index (χ0n) is 9.25. The molecule has 3 rings (SSSR count). The number of benzene rings is 1. The van der Waals surface area contributed by atoms with Gasteiger partial charge in [0.2, 0.25) is 0 Å². The van der Waals surface area contributed by atoms with Gasteiger partial charge in [-0.15, -0.1) is 0 Å². The van der Waals surface area contributed by atoms with Crippen molar-refractivity contribution in [2.45, 2.75) is 0 Å². The predicted molar refractivity (Wildman–Crippen MR) is 64.0 cm³/mol. The maximum atomic E-state index is 11.9. The second-order valence-corrected chi connectivity index (χ2v) is 3.98. The molecule has 0 spiro atoms. The second-order valence-electron chi connectivity index (χ2n) is 3.98. The number of nitrogens with zero attached hydrogens (tertiary/aromatic N) is 2. The lowest BCUT2D eigenvalue weighted by molar-refractivity contribution is -0.134. The van der Waals surface area contributed by atoms with Crippen LogP contribution in [0.15, 0.2) is 42.6 Å². The fourth-order valence-corrected chi connectivity index (χ4v) is 2.01. The largest absolute Gasteiger partial charge is 0.312 e. The molecule has 4 heteroatoms. The molecule has 1 aromatic heterocycles. The molecule has 0 saturated heterocycles. The average Bonchev–Trinajstić information content (AvgIpc) is 2.86. The Bertz CT molecular complexity index is 667. The fraction of sp³-hybridized carbons (Fsp3) is 0.0769. The minimum Gasteiger partial charge on any atom is -0.312 e. The van der Waals surface area contributed by atoms with Crippen LogP contribution in [0.3, 0.4) is 0 Å². The quantitative estimate of drug-likeness (QED) is 0.691. The normalized spacial score (nSPS) is 15.8. The summed E-state index contributed by atoms with van der Waals surface area (Å²) in [5, 5.41) is 1.04. The second kappa shape index (κ2) is 3.31. The molecule has 2 aromatic rings. The van der Waals surface area contributed by atoms with Crippen molar-refractivity contribution in [1.29, 1.82) is 0 Å². The summed E-state index contributed by atoms with van der Waals surface area (Å²) < 4.78 is 1.75. The monoisotopic (exact) mass is 226 g/mol. The summed E-state index contributed by atoms with van der Waals surface area (Å²) in [6.45, 7) is 0. The van der Waals surface area contributed by atoms with E-state index < -0.39 is 0 Å². The zero-order chi connectivity index (χ0) is 12.0. The minimum absolute atomic E-state index is 0.267. The lowest BCUT2D eigenvalue weighted by Crippen LogP contribution is -2.26. The van der Waals surface area contributed by atoms with Gasteiger partial charge in [0, 0.05) is 19.3 Å². The Morgan fingerprint density at radius 3 is 2.53 bits per heavy atom. The van der Waals surface area contributed by atoms with Gasteiger partial charge in [0.15, 0.2) is 0 Å². The minimum atomic E-state index is -0.275. The van der Waals surface area contributed by atoms with Crippen molar-refractivity contribution >= 4 is 28.4 Å². The van der Waals surface area contributed by atoms with Gasteiger partial charge in [-0.1, -0.05) is 18.2 Å². The van der Waals surface area contributed by atoms with E-state index in [0.717, 1.165) is 15.8 Å². The van der Waals surface area contributed by atoms with Gasteiger partial charge in [-0.25, -0.2) is 0 Å². The van der Waals surface area contributed by atoms with Gasteiger partial charge in [0.1, 0.15) is 5.70 Å². The summed E-state index contributed by atoms with van der Waals surface area (Å²) in [5.74, 6) is -0.542. The van der Waals surface area contributed by atoms with E-state index in [1.54, 1.807) is 10.8 Å². The van der Waals surface area contributed by atoms with Gasteiger partial charge in [0.05, 0.1) is 5.52 Å². The van der Waals surface area contributed by atoms with Crippen molar-refractivity contribution in [3.05, 3.63) is 42.6 Å². The molecule has 1 aromatic carbocycles. The van der Waals surface area contributed by atoms with E-state index in [1.165, 1.54) is 13.1 Å². The first-order valence-corrected chi connectivity index (χ1v) is 5.28. The third-order valence-corrected chi connectivity index (χ3v) is 2.97. The molecule has 0 saturated carbocycles. The highest BCUT2D eigenvalue weighted by molar-refractivity contribution is 6.30. The average molecular weight is 226 g/mol. The van der Waals surface area contributed by atoms with Crippen LogP contribution in [0, 0.1) is 0 Å². The number of fused-ring (bicyclic) bond motifs is 1. The van der Waals surface area contributed by atoms with Crippen LogP contribution in [0.1, 0.15) is 0 Å². The molecular formula is C13H10N2O2. The number of imide groups is 1. The van der Waals surface area contributed by atoms with Gasteiger partial charge < -0.3 is 4.57 Å². The lowest BCUT2D eigenvalue weighted by atomic mass is 10.2. The van der Waals surface area contributed by atoms with E-state index in [4.69, 9.17) is 0 Å². The van der Waals surface area contributed by atoms with Crippen LogP contribution in [0.4, 0.5) is 0 Å². The summed E-state index contributed by atoms with van der Waals surface area (Å²) in [6.07, 6.45) is 3.18. The Morgan fingerprint density at radius 2 is 1.82 bits per heavy atom. The summed E-state index contributed by atoms with van der Waals surface area (Å²) >= 11 is 0. The number of para-hydroxylation sites is 1. The van der Waals surface area contributed by atoms with Crippen LogP contribution in [0.2, 0.25) is 0 Å². The van der Waals surface area contributed by atoms with E-state index in [9.17, 15) is 9.59 Å². The number of carbonyl (C=O) groups is 2. The number of hydrogen-bond acceptors (Lipinski definition) is 2. The van der Waals surface area contributed by atoms with E-state index >= 15 is 0 Å². The fourth-order valence-electron chi connectivity index (χ4n) is 2.01. The van der Waals surface area contributed by atoms with Crippen molar-refractivity contribution in [3.8, 4) is 0 Å². The van der Waals surface area contributed by atoms with Gasteiger partial charge in [-0.3, -0.25) is 14.5 Å². The highest BCUT2D eigenvalue weighted by atomic mass is 16.2. The highest BCUT2D eigenvalue weighted by Gasteiger charge is 2.29. The Kier molecular flexibility index (Phi) is 1.92. The zero-order valence-corrected chi connectivity index (χ0v) is 9.25. The SMILES string of the molecule is CN1C(=O)C=C(n2ccc3ccccc32)C1=O. The number of hydrogen-bond donors (Lipinski definition) is 0. The van der Waals surface area contributed by atoms with E-state index in [0.29, 0.717) is 5.70 Å². The van der Waals surface area contributed by atoms with Crippen molar-refractivity contribution in [2.24, 2.45) is 0 Å². The molecule has 2 amide bonds. The summed E-state index contributed by atoms with van der Waals surface area (Å²) in [4.78, 5) is 24.4. The number of amides is 2. The molecule has 17 heavy (non-hydrogen) atoms. The highest BCUT2D eigenvalue weighted by Crippen LogP contribution is 2.23. The molecule has 1 aliphatic heterocycles. The molecule has 1 aliphatic rings. The summed E-state index contributed by atoms with van der Waals surface area (Å²) in [5.41, 5.74) is 1.33. The molecule has 0 bridgehead atoms. The van der Waals surface area contributed by atoms with Gasteiger partial charge in [0.25, 0.3) is 11.8 Å². The molecule has 0 fully saturated rings. The maximum absolute atomic E-state index is 11.9. The Labute approximate surface area is 97.7 Å². The third-order valence-electron chi connectivity index (χ3n) is 2.97. The predicted octanol–water partition coefficient (Wildman–Crippen LogP) is 1.48. The molecule has 84 valence electrons. The van der Waals surface area contributed by atoms with Crippen LogP contribution in [-0.2, 0) is 9.59 Å². The van der Waals surface area contributed by atoms with E-state index in [-0.39, 0.29) is 11.8 Å². The van der Waals surface area contributed by atoms with Gasteiger partial charge in [-0.2, -0.15) is 0 Å². The molecule has 0 aliphatic carbocycles. The van der Waals surface area contributed by atoms with Crippen LogP contribution in [-0.4, -0.2) is 28.3 Å². The van der Waals surface area contributed by atoms with Gasteiger partial charge >= 0.3 is 0 Å². The number of carbonyl (C=O) groups excluding carboxylic acids is 2. The first kappa shape index (κ1) is 9.84. The number of aromatic nitrogens is 1. The number of likely N-dealkylation sites (N-methyl/N-ethyl adjacent to an activating group) is 1. The standard InChI is InChI=1S/C13H10N2O2/c1-14-12(16)8-11(13(14)17)15-7-6-9-4-2-3-5-10(9)15/h2-8H,1H3. The Morgan fingerprint density at radius 1 is 1.06 bits per heavy atom. The van der Waals surface area contributed by atoms with Gasteiger partial charge in [-0.05, 0) is 17.5 Å². The van der Waals surface area contributed by atoms with Crippen molar-refractivity contribution in [3.63, 3.8) is 0 Å². The van der Waals surface area contributed by atoms with E-state index in [1.807, 2.05) is 30.3 Å². The number of rotatable bonds is 1. The lowest BCUT2D eigenvalue weighted by Gasteiger charge is -2.08. The molecule has 0 radical (unpaired) electrons. The third kappa shape index (κ3) is 1.30. The van der Waals surface area contributed by atoms with Crippen molar-refractivity contribution in [1.82, 2.24) is 9.47 Å². The van der Waals surface area contributed by atoms with Crippen LogP contribution in [0.5, 0.6) is 0 Å². The maximum Gasteiger partial charge on any atom is 0.277 e.